The second-order valence-corrected chi connectivity index (χ2v) is 15.9. The van der Waals surface area contributed by atoms with Gasteiger partial charge in [-0.25, -0.2) is 4.79 Å². The first kappa shape index (κ1) is 39.6. The first-order valence-electron chi connectivity index (χ1n) is 17.2. The minimum absolute atomic E-state index is 0.0155. The van der Waals surface area contributed by atoms with Crippen LogP contribution in [-0.4, -0.2) is 140 Å². The Balaban J connectivity index is 1.90. The van der Waals surface area contributed by atoms with E-state index in [1.807, 2.05) is 60.7 Å². The third-order valence-corrected chi connectivity index (χ3v) is 10.8. The van der Waals surface area contributed by atoms with Gasteiger partial charge in [0, 0.05) is 43.2 Å². The number of ether oxygens (including phenoxy) is 5. The monoisotopic (exact) mass is 669 g/mol. The number of aliphatic hydroxyl groups is 1. The zero-order valence-electron chi connectivity index (χ0n) is 31.1. The number of rotatable bonds is 6. The van der Waals surface area contributed by atoms with Crippen molar-refractivity contribution < 1.29 is 43.2 Å². The molecule has 2 saturated heterocycles. The van der Waals surface area contributed by atoms with Gasteiger partial charge >= 0.3 is 12.1 Å². The predicted molar refractivity (Wildman–Crippen MR) is 178 cm³/mol. The van der Waals surface area contributed by atoms with Gasteiger partial charge < -0.3 is 38.6 Å². The van der Waals surface area contributed by atoms with E-state index < -0.39 is 47.4 Å². The molecular formula is C35H63N3O9. The van der Waals surface area contributed by atoms with E-state index in [0.29, 0.717) is 19.4 Å². The van der Waals surface area contributed by atoms with E-state index in [4.69, 9.17) is 23.7 Å². The number of ketones is 1. The number of hydrogen-bond acceptors (Lipinski definition) is 11. The van der Waals surface area contributed by atoms with Crippen LogP contribution in [-0.2, 0) is 33.3 Å². The van der Waals surface area contributed by atoms with Crippen molar-refractivity contribution in [3.05, 3.63) is 0 Å². The van der Waals surface area contributed by atoms with Crippen molar-refractivity contribution in [1.82, 2.24) is 14.7 Å². The third kappa shape index (κ3) is 9.05. The maximum atomic E-state index is 14.0. The lowest BCUT2D eigenvalue weighted by Gasteiger charge is -2.51. The van der Waals surface area contributed by atoms with Crippen molar-refractivity contribution in [1.29, 1.82) is 0 Å². The molecular weight excluding hydrogens is 606 g/mol. The number of carbonyl (C=O) groups is 3. The van der Waals surface area contributed by atoms with Crippen LogP contribution in [0.5, 0.6) is 0 Å². The third-order valence-electron chi connectivity index (χ3n) is 10.8. The molecule has 2 aliphatic heterocycles. The molecule has 1 aliphatic carbocycles. The van der Waals surface area contributed by atoms with E-state index in [1.54, 1.807) is 25.9 Å². The quantitative estimate of drug-likeness (QED) is 0.330. The summed E-state index contributed by atoms with van der Waals surface area (Å²) in [5.41, 5.74) is -1.35. The van der Waals surface area contributed by atoms with Gasteiger partial charge in [0.05, 0.1) is 24.9 Å². The zero-order chi connectivity index (χ0) is 35.6. The molecule has 0 bridgehead atoms. The molecule has 0 aromatic heterocycles. The summed E-state index contributed by atoms with van der Waals surface area (Å²) >= 11 is 0. The molecule has 2 heterocycles. The number of Topliss-reactive ketones (excluding diaryl/α,β-unsaturated/α-hetero) is 1. The molecule has 0 aromatic rings. The highest BCUT2D eigenvalue weighted by Crippen LogP contribution is 2.41. The molecule has 1 N–H and O–H groups in total. The average Bonchev–Trinajstić information content (AvgIpc) is 2.96. The van der Waals surface area contributed by atoms with Gasteiger partial charge in [-0.15, -0.1) is 0 Å². The van der Waals surface area contributed by atoms with E-state index in [-0.39, 0.29) is 54.5 Å². The molecule has 0 spiro atoms. The van der Waals surface area contributed by atoms with Crippen molar-refractivity contribution >= 4 is 17.8 Å². The van der Waals surface area contributed by atoms with Gasteiger partial charge in [-0.2, -0.15) is 0 Å². The van der Waals surface area contributed by atoms with Gasteiger partial charge in [0.25, 0.3) is 0 Å². The van der Waals surface area contributed by atoms with Crippen LogP contribution < -0.4 is 0 Å². The highest BCUT2D eigenvalue weighted by molar-refractivity contribution is 6.00. The molecule has 3 fully saturated rings. The fourth-order valence-corrected chi connectivity index (χ4v) is 8.09. The number of amides is 1. The number of aliphatic hydroxyl groups excluding tert-OH is 1. The van der Waals surface area contributed by atoms with Crippen molar-refractivity contribution in [2.75, 3.05) is 48.5 Å². The summed E-state index contributed by atoms with van der Waals surface area (Å²) in [5, 5.41) is 11.3. The van der Waals surface area contributed by atoms with Crippen molar-refractivity contribution in [3.63, 3.8) is 0 Å². The lowest BCUT2D eigenvalue weighted by molar-refractivity contribution is -0.295. The second kappa shape index (κ2) is 15.8. The Kier molecular flexibility index (Phi) is 13.3. The van der Waals surface area contributed by atoms with E-state index in [1.165, 1.54) is 7.11 Å². The molecule has 1 amide bonds. The van der Waals surface area contributed by atoms with Crippen LogP contribution in [0.25, 0.3) is 0 Å². The van der Waals surface area contributed by atoms with Crippen LogP contribution in [0.1, 0.15) is 81.1 Å². The van der Waals surface area contributed by atoms with Crippen LogP contribution in [0.3, 0.4) is 0 Å². The van der Waals surface area contributed by atoms with Gasteiger partial charge in [-0.3, -0.25) is 14.5 Å². The Morgan fingerprint density at radius 1 is 1.06 bits per heavy atom. The van der Waals surface area contributed by atoms with E-state index in [0.717, 1.165) is 12.8 Å². The van der Waals surface area contributed by atoms with Gasteiger partial charge in [0.2, 0.25) is 0 Å². The summed E-state index contributed by atoms with van der Waals surface area (Å²) < 4.78 is 29.9. The van der Waals surface area contributed by atoms with Crippen LogP contribution in [0, 0.1) is 23.7 Å². The summed E-state index contributed by atoms with van der Waals surface area (Å²) in [6.45, 7) is 16.2. The fraction of sp³-hybridized carbons (Fsp3) is 0.914. The first-order valence-corrected chi connectivity index (χ1v) is 17.2. The number of methoxy groups -OCH3 is 2. The SMILES string of the molecule is COC(=O)N(C1CC([C@@H]2COC(=O)[C@H](C)C(=O)[C@H](C)[C@@H](O[C@@H]3O[C@H](C)C[C@H](N(C)C)[C@H]3O)[C@](C)(OC)C[C@@H](C)CN2C)C1)C(C)(C)C. The van der Waals surface area contributed by atoms with Gasteiger partial charge in [0.1, 0.15) is 18.6 Å². The largest absolute Gasteiger partial charge is 0.463 e. The van der Waals surface area contributed by atoms with Crippen molar-refractivity contribution in [3.8, 4) is 0 Å². The summed E-state index contributed by atoms with van der Waals surface area (Å²) in [4.78, 5) is 46.0. The Labute approximate surface area is 282 Å². The number of esters is 1. The van der Waals surface area contributed by atoms with E-state index in [9.17, 15) is 19.5 Å². The molecule has 1 saturated carbocycles. The Hall–Kier alpha value is -1.83. The lowest BCUT2D eigenvalue weighted by Crippen LogP contribution is -2.60. The Morgan fingerprint density at radius 3 is 2.21 bits per heavy atom. The summed E-state index contributed by atoms with van der Waals surface area (Å²) in [7, 11) is 8.88. The van der Waals surface area contributed by atoms with Crippen molar-refractivity contribution in [2.45, 2.75) is 135 Å². The second-order valence-electron chi connectivity index (χ2n) is 15.9. The highest BCUT2D eigenvalue weighted by Gasteiger charge is 2.50. The summed E-state index contributed by atoms with van der Waals surface area (Å²) in [6.07, 6.45) is -0.568. The maximum Gasteiger partial charge on any atom is 0.410 e. The number of likely N-dealkylation sites (N-methyl/N-ethyl adjacent to an activating group) is 2. The fourth-order valence-electron chi connectivity index (χ4n) is 8.09. The van der Waals surface area contributed by atoms with Crippen LogP contribution >= 0.6 is 0 Å². The molecule has 3 aliphatic rings. The number of carbonyl (C=O) groups excluding carboxylic acids is 3. The minimum Gasteiger partial charge on any atom is -0.463 e. The minimum atomic E-state index is -1.03. The normalized spacial score (nSPS) is 40.0. The maximum absolute atomic E-state index is 14.0. The summed E-state index contributed by atoms with van der Waals surface area (Å²) in [5.74, 6) is -2.42. The predicted octanol–water partition coefficient (Wildman–Crippen LogP) is 3.57. The molecule has 0 radical (unpaired) electrons. The Bertz CT molecular complexity index is 1080. The van der Waals surface area contributed by atoms with Crippen molar-refractivity contribution in [2.24, 2.45) is 23.7 Å². The zero-order valence-corrected chi connectivity index (χ0v) is 31.1. The first-order chi connectivity index (χ1) is 21.7. The molecule has 12 heteroatoms. The topological polar surface area (TPSA) is 127 Å². The van der Waals surface area contributed by atoms with Gasteiger partial charge in [-0.05, 0) is 100 Å². The van der Waals surface area contributed by atoms with E-state index in [2.05, 4.69) is 11.8 Å². The molecule has 10 atom stereocenters. The lowest BCUT2D eigenvalue weighted by atomic mass is 9.73. The average molecular weight is 670 g/mol. The molecule has 272 valence electrons. The van der Waals surface area contributed by atoms with Crippen LogP contribution in [0.4, 0.5) is 4.79 Å². The van der Waals surface area contributed by atoms with Crippen LogP contribution in [0.2, 0.25) is 0 Å². The number of hydrogen-bond donors (Lipinski definition) is 1. The number of cyclic esters (lactones) is 1. The summed E-state index contributed by atoms with van der Waals surface area (Å²) in [6, 6.07) is -0.277. The molecule has 0 aromatic carbocycles. The standard InChI is InChI=1S/C35H63N3O9/c1-20-17-35(8,44-13)30(47-32-29(40)26(36(9)10)14-21(2)46-32)22(3)28(39)23(4)31(41)45-19-27(37(11)18-20)24-15-25(16-24)38(33(42)43-12)34(5,6)7/h20-27,29-30,32,40H,14-19H2,1-13H3/t20-,21-,22+,23-,24?,25?,26+,27+,29-,30-,32+,35-/m1/s1. The molecule has 0 unspecified atom stereocenters. The smallest absolute Gasteiger partial charge is 0.410 e. The van der Waals surface area contributed by atoms with Gasteiger partial charge in [-0.1, -0.05) is 13.8 Å². The molecule has 3 rings (SSSR count). The molecule has 47 heavy (non-hydrogen) atoms. The van der Waals surface area contributed by atoms with E-state index >= 15 is 0 Å². The van der Waals surface area contributed by atoms with Crippen LogP contribution in [0.15, 0.2) is 0 Å². The highest BCUT2D eigenvalue weighted by atomic mass is 16.7. The Morgan fingerprint density at radius 2 is 1.68 bits per heavy atom. The van der Waals surface area contributed by atoms with Gasteiger partial charge in [0.15, 0.2) is 12.1 Å². The molecule has 12 nitrogen and oxygen atoms in total. The number of nitrogens with zero attached hydrogens (tertiary/aromatic N) is 3.